The van der Waals surface area contributed by atoms with Crippen LogP contribution in [-0.4, -0.2) is 23.0 Å². The SMILES string of the molecule is CC(C)(C)[Si](C)(C)C#CCCO[Si](C)(C)C(C)(C)C. The van der Waals surface area contributed by atoms with Gasteiger partial charge in [0.25, 0.3) is 0 Å². The molecule has 3 heteroatoms. The molecule has 0 amide bonds. The van der Waals surface area contributed by atoms with Gasteiger partial charge in [0, 0.05) is 13.0 Å². The van der Waals surface area contributed by atoms with Crippen molar-refractivity contribution >= 4 is 16.4 Å². The van der Waals surface area contributed by atoms with Gasteiger partial charge in [-0.2, -0.15) is 0 Å². The summed E-state index contributed by atoms with van der Waals surface area (Å²) in [7, 11) is -3.04. The van der Waals surface area contributed by atoms with Crippen LogP contribution in [0.15, 0.2) is 0 Å². The van der Waals surface area contributed by atoms with Crippen molar-refractivity contribution < 1.29 is 4.43 Å². The number of hydrogen-bond donors (Lipinski definition) is 0. The fourth-order valence-electron chi connectivity index (χ4n) is 1.04. The zero-order chi connectivity index (χ0) is 15.5. The molecule has 0 atom stereocenters. The second kappa shape index (κ2) is 6.16. The summed E-state index contributed by atoms with van der Waals surface area (Å²) in [5.74, 6) is 3.37. The highest BCUT2D eigenvalue weighted by atomic mass is 28.4. The summed E-state index contributed by atoms with van der Waals surface area (Å²) in [6.45, 7) is 23.9. The smallest absolute Gasteiger partial charge is 0.192 e. The van der Waals surface area contributed by atoms with E-state index in [0.29, 0.717) is 10.1 Å². The zero-order valence-corrected chi connectivity index (χ0v) is 16.8. The molecule has 0 aliphatic carbocycles. The van der Waals surface area contributed by atoms with Crippen molar-refractivity contribution in [2.24, 2.45) is 0 Å². The van der Waals surface area contributed by atoms with Crippen LogP contribution >= 0.6 is 0 Å². The third kappa shape index (κ3) is 5.85. The van der Waals surface area contributed by atoms with Gasteiger partial charge in [-0.1, -0.05) is 54.6 Å². The van der Waals surface area contributed by atoms with E-state index >= 15 is 0 Å². The molecule has 0 saturated carbocycles. The molecular weight excluding hydrogens is 264 g/mol. The summed E-state index contributed by atoms with van der Waals surface area (Å²) >= 11 is 0. The average Bonchev–Trinajstić information content (AvgIpc) is 2.12. The Morgan fingerprint density at radius 2 is 1.32 bits per heavy atom. The molecule has 0 fully saturated rings. The van der Waals surface area contributed by atoms with Gasteiger partial charge in [0.1, 0.15) is 8.07 Å². The van der Waals surface area contributed by atoms with Crippen molar-refractivity contribution in [1.82, 2.24) is 0 Å². The van der Waals surface area contributed by atoms with E-state index in [-0.39, 0.29) is 0 Å². The Kier molecular flexibility index (Phi) is 6.14. The Morgan fingerprint density at radius 1 is 0.842 bits per heavy atom. The Bertz CT molecular complexity index is 346. The second-order valence-corrected chi connectivity index (χ2v) is 18.3. The fourth-order valence-corrected chi connectivity index (χ4v) is 3.03. The van der Waals surface area contributed by atoms with Gasteiger partial charge in [-0.15, -0.1) is 11.5 Å². The molecule has 0 heterocycles. The lowest BCUT2D eigenvalue weighted by Crippen LogP contribution is -2.41. The molecule has 0 aliphatic rings. The van der Waals surface area contributed by atoms with Gasteiger partial charge < -0.3 is 4.43 Å². The van der Waals surface area contributed by atoms with E-state index in [1.165, 1.54) is 0 Å². The summed E-state index contributed by atoms with van der Waals surface area (Å²) in [5, 5.41) is 0.639. The first-order chi connectivity index (χ1) is 8.21. The van der Waals surface area contributed by atoms with Crippen LogP contribution in [0.4, 0.5) is 0 Å². The van der Waals surface area contributed by atoms with E-state index in [1.54, 1.807) is 0 Å². The van der Waals surface area contributed by atoms with E-state index in [1.807, 2.05) is 0 Å². The Balaban J connectivity index is 4.36. The van der Waals surface area contributed by atoms with Crippen molar-refractivity contribution in [3.05, 3.63) is 0 Å². The highest BCUT2D eigenvalue weighted by Gasteiger charge is 2.37. The minimum atomic E-state index is -1.59. The molecule has 0 N–H and O–H groups in total. The highest BCUT2D eigenvalue weighted by Crippen LogP contribution is 2.37. The Morgan fingerprint density at radius 3 is 1.68 bits per heavy atom. The fraction of sp³-hybridized carbons (Fsp3) is 0.875. The van der Waals surface area contributed by atoms with Crippen LogP contribution in [0.25, 0.3) is 0 Å². The van der Waals surface area contributed by atoms with Gasteiger partial charge in [0.05, 0.1) is 0 Å². The molecule has 0 spiro atoms. The molecule has 19 heavy (non-hydrogen) atoms. The minimum absolute atomic E-state index is 0.292. The molecule has 0 rings (SSSR count). The van der Waals surface area contributed by atoms with Gasteiger partial charge in [-0.25, -0.2) is 0 Å². The van der Waals surface area contributed by atoms with E-state index in [4.69, 9.17) is 4.43 Å². The molecule has 0 aromatic rings. The first-order valence-corrected chi connectivity index (χ1v) is 13.3. The third-order valence-electron chi connectivity index (χ3n) is 4.77. The normalized spacial score (nSPS) is 14.0. The number of rotatable bonds is 3. The maximum atomic E-state index is 6.15. The summed E-state index contributed by atoms with van der Waals surface area (Å²) < 4.78 is 6.15. The van der Waals surface area contributed by atoms with Crippen LogP contribution in [-0.2, 0) is 4.43 Å². The maximum Gasteiger partial charge on any atom is 0.192 e. The van der Waals surface area contributed by atoms with Crippen LogP contribution in [0, 0.1) is 11.5 Å². The van der Waals surface area contributed by atoms with E-state index in [2.05, 4.69) is 79.2 Å². The van der Waals surface area contributed by atoms with Gasteiger partial charge in [0.15, 0.2) is 8.32 Å². The van der Waals surface area contributed by atoms with Gasteiger partial charge in [-0.3, -0.25) is 0 Å². The first kappa shape index (κ1) is 19.0. The number of hydrogen-bond acceptors (Lipinski definition) is 1. The Hall–Kier alpha value is -0.0462. The highest BCUT2D eigenvalue weighted by molar-refractivity contribution is 6.87. The molecule has 0 saturated heterocycles. The Labute approximate surface area is 123 Å². The van der Waals surface area contributed by atoms with E-state index in [9.17, 15) is 0 Å². The van der Waals surface area contributed by atoms with Crippen LogP contribution in [0.1, 0.15) is 48.0 Å². The summed E-state index contributed by atoms with van der Waals surface area (Å²) in [4.78, 5) is 0. The lowest BCUT2D eigenvalue weighted by molar-refractivity contribution is 0.296. The van der Waals surface area contributed by atoms with Crippen LogP contribution in [0.5, 0.6) is 0 Å². The van der Waals surface area contributed by atoms with Crippen molar-refractivity contribution in [2.45, 2.75) is 84.2 Å². The summed E-state index contributed by atoms with van der Waals surface area (Å²) in [6.07, 6.45) is 0.874. The van der Waals surface area contributed by atoms with E-state index in [0.717, 1.165) is 13.0 Å². The largest absolute Gasteiger partial charge is 0.416 e. The third-order valence-corrected chi connectivity index (χ3v) is 13.9. The standard InChI is InChI=1S/C16H34OSi2/c1-15(2,3)18(7,8)14-12-11-13-17-19(9,10)16(4,5)6/h11,13H2,1-10H3. The van der Waals surface area contributed by atoms with E-state index < -0.39 is 16.4 Å². The molecule has 0 unspecified atom stereocenters. The summed E-state index contributed by atoms with van der Waals surface area (Å²) in [5.41, 5.74) is 3.55. The molecule has 0 radical (unpaired) electrons. The molecule has 0 aromatic carbocycles. The van der Waals surface area contributed by atoms with Crippen molar-refractivity contribution in [1.29, 1.82) is 0 Å². The van der Waals surface area contributed by atoms with Crippen molar-refractivity contribution in [3.63, 3.8) is 0 Å². The lowest BCUT2D eigenvalue weighted by Gasteiger charge is -2.36. The lowest BCUT2D eigenvalue weighted by atomic mass is 10.2. The van der Waals surface area contributed by atoms with Crippen molar-refractivity contribution in [2.75, 3.05) is 6.61 Å². The predicted octanol–water partition coefficient (Wildman–Crippen LogP) is 5.45. The predicted molar refractivity (Wildman–Crippen MR) is 92.7 cm³/mol. The molecule has 1 nitrogen and oxygen atoms in total. The molecule has 0 aliphatic heterocycles. The maximum absolute atomic E-state index is 6.15. The second-order valence-electron chi connectivity index (χ2n) is 8.54. The van der Waals surface area contributed by atoms with Gasteiger partial charge in [0.2, 0.25) is 0 Å². The average molecular weight is 299 g/mol. The zero-order valence-electron chi connectivity index (χ0n) is 14.8. The van der Waals surface area contributed by atoms with Gasteiger partial charge in [-0.05, 0) is 23.2 Å². The van der Waals surface area contributed by atoms with Crippen LogP contribution < -0.4 is 0 Å². The molecule has 0 bridgehead atoms. The summed E-state index contributed by atoms with van der Waals surface area (Å²) in [6, 6.07) is 0. The van der Waals surface area contributed by atoms with Crippen LogP contribution in [0.2, 0.25) is 36.3 Å². The molecule has 112 valence electrons. The van der Waals surface area contributed by atoms with Crippen LogP contribution in [0.3, 0.4) is 0 Å². The quantitative estimate of drug-likeness (QED) is 0.382. The van der Waals surface area contributed by atoms with Crippen molar-refractivity contribution in [3.8, 4) is 11.5 Å². The minimum Gasteiger partial charge on any atom is -0.416 e. The first-order valence-electron chi connectivity index (χ1n) is 7.35. The molecule has 0 aromatic heterocycles. The topological polar surface area (TPSA) is 9.23 Å². The monoisotopic (exact) mass is 298 g/mol. The van der Waals surface area contributed by atoms with Gasteiger partial charge >= 0.3 is 0 Å². The molecular formula is C16H34OSi2.